The molecule has 0 unspecified atom stereocenters. The van der Waals surface area contributed by atoms with Crippen molar-refractivity contribution in [2.75, 3.05) is 12.4 Å². The van der Waals surface area contributed by atoms with Crippen molar-refractivity contribution in [3.63, 3.8) is 0 Å². The van der Waals surface area contributed by atoms with E-state index in [-0.39, 0.29) is 17.2 Å². The average Bonchev–Trinajstić information content (AvgIpc) is 2.65. The van der Waals surface area contributed by atoms with Crippen LogP contribution in [0.15, 0.2) is 0 Å². The minimum Gasteiger partial charge on any atom is -0.283 e. The molecule has 90 valence electrons. The van der Waals surface area contributed by atoms with Crippen molar-refractivity contribution in [2.24, 2.45) is 5.41 Å². The quantitative estimate of drug-likeness (QED) is 0.564. The summed E-state index contributed by atoms with van der Waals surface area (Å²) < 4.78 is 0. The van der Waals surface area contributed by atoms with Gasteiger partial charge in [-0.25, -0.2) is 0 Å². The normalized spacial score (nSPS) is 24.4. The SMILES string of the molecule is O=C1CC2(CCCC2)CC(=O)N1CCCCl. The van der Waals surface area contributed by atoms with Gasteiger partial charge in [0, 0.05) is 25.3 Å². The molecule has 0 N–H and O–H groups in total. The Morgan fingerprint density at radius 3 is 2.19 bits per heavy atom. The van der Waals surface area contributed by atoms with Crippen LogP contribution < -0.4 is 0 Å². The fourth-order valence-corrected chi connectivity index (χ4v) is 3.10. The van der Waals surface area contributed by atoms with E-state index in [9.17, 15) is 9.59 Å². The highest BCUT2D eigenvalue weighted by atomic mass is 35.5. The van der Waals surface area contributed by atoms with E-state index in [1.54, 1.807) is 0 Å². The van der Waals surface area contributed by atoms with E-state index >= 15 is 0 Å². The van der Waals surface area contributed by atoms with Gasteiger partial charge in [-0.1, -0.05) is 12.8 Å². The second kappa shape index (κ2) is 4.74. The predicted molar refractivity (Wildman–Crippen MR) is 62.2 cm³/mol. The number of amides is 2. The lowest BCUT2D eigenvalue weighted by Crippen LogP contribution is -2.47. The van der Waals surface area contributed by atoms with Crippen LogP contribution in [-0.4, -0.2) is 29.1 Å². The molecular weight excluding hydrogens is 226 g/mol. The van der Waals surface area contributed by atoms with E-state index in [4.69, 9.17) is 11.6 Å². The van der Waals surface area contributed by atoms with Crippen LogP contribution in [-0.2, 0) is 9.59 Å². The Morgan fingerprint density at radius 1 is 1.12 bits per heavy atom. The number of carbonyl (C=O) groups excluding carboxylic acids is 2. The largest absolute Gasteiger partial charge is 0.283 e. The lowest BCUT2D eigenvalue weighted by atomic mass is 9.76. The molecular formula is C12H18ClNO2. The Bertz CT molecular complexity index is 277. The summed E-state index contributed by atoms with van der Waals surface area (Å²) in [7, 11) is 0. The average molecular weight is 244 g/mol. The lowest BCUT2D eigenvalue weighted by Gasteiger charge is -2.37. The molecule has 0 aromatic rings. The summed E-state index contributed by atoms with van der Waals surface area (Å²) in [4.78, 5) is 25.3. The van der Waals surface area contributed by atoms with E-state index in [1.165, 1.54) is 17.7 Å². The number of piperidine rings is 1. The third-order valence-electron chi connectivity index (χ3n) is 3.83. The van der Waals surface area contributed by atoms with Crippen LogP contribution in [0.2, 0.25) is 0 Å². The highest BCUT2D eigenvalue weighted by Gasteiger charge is 2.44. The number of alkyl halides is 1. The van der Waals surface area contributed by atoms with Gasteiger partial charge in [0.2, 0.25) is 11.8 Å². The standard InChI is InChI=1S/C12H18ClNO2/c13-6-3-7-14-10(15)8-12(9-11(14)16)4-1-2-5-12/h1-9H2. The van der Waals surface area contributed by atoms with Crippen molar-refractivity contribution in [3.05, 3.63) is 0 Å². The Labute approximate surface area is 101 Å². The molecule has 1 heterocycles. The molecule has 0 radical (unpaired) electrons. The summed E-state index contributed by atoms with van der Waals surface area (Å²) in [5.74, 6) is 0.536. The highest BCUT2D eigenvalue weighted by molar-refractivity contribution is 6.17. The van der Waals surface area contributed by atoms with Gasteiger partial charge in [-0.2, -0.15) is 0 Å². The van der Waals surface area contributed by atoms with Gasteiger partial charge in [0.25, 0.3) is 0 Å². The zero-order chi connectivity index (χ0) is 11.6. The third-order valence-corrected chi connectivity index (χ3v) is 4.10. The topological polar surface area (TPSA) is 37.4 Å². The Balaban J connectivity index is 2.01. The minimum atomic E-state index is 0.0169. The molecule has 0 aromatic carbocycles. The molecule has 1 aliphatic carbocycles. The van der Waals surface area contributed by atoms with E-state index in [1.807, 2.05) is 0 Å². The summed E-state index contributed by atoms with van der Waals surface area (Å²) in [5.41, 5.74) is 0.0195. The van der Waals surface area contributed by atoms with Crippen LogP contribution in [0.3, 0.4) is 0 Å². The van der Waals surface area contributed by atoms with Crippen LogP contribution >= 0.6 is 11.6 Å². The number of likely N-dealkylation sites (tertiary alicyclic amines) is 1. The van der Waals surface area contributed by atoms with E-state index in [0.29, 0.717) is 31.7 Å². The molecule has 1 aliphatic heterocycles. The van der Waals surface area contributed by atoms with Gasteiger partial charge in [-0.05, 0) is 24.7 Å². The summed E-state index contributed by atoms with van der Waals surface area (Å²) in [6.07, 6.45) is 6.28. The third kappa shape index (κ3) is 2.24. The number of carbonyl (C=O) groups is 2. The Kier molecular flexibility index (Phi) is 3.53. The first kappa shape index (κ1) is 11.9. The molecule has 2 rings (SSSR count). The monoisotopic (exact) mass is 243 g/mol. The molecule has 16 heavy (non-hydrogen) atoms. The second-order valence-electron chi connectivity index (χ2n) is 5.04. The molecule has 2 amide bonds. The van der Waals surface area contributed by atoms with Crippen molar-refractivity contribution in [1.82, 2.24) is 4.90 Å². The highest BCUT2D eigenvalue weighted by Crippen LogP contribution is 2.46. The summed E-state index contributed by atoms with van der Waals surface area (Å²) >= 11 is 5.59. The van der Waals surface area contributed by atoms with Crippen LogP contribution in [0.1, 0.15) is 44.9 Å². The smallest absolute Gasteiger partial charge is 0.229 e. The van der Waals surface area contributed by atoms with Crippen molar-refractivity contribution in [1.29, 1.82) is 0 Å². The molecule has 2 fully saturated rings. The predicted octanol–water partition coefficient (Wildman–Crippen LogP) is 2.32. The number of halogens is 1. The van der Waals surface area contributed by atoms with Crippen LogP contribution in [0.5, 0.6) is 0 Å². The molecule has 0 aromatic heterocycles. The van der Waals surface area contributed by atoms with Gasteiger partial charge in [-0.3, -0.25) is 14.5 Å². The van der Waals surface area contributed by atoms with Gasteiger partial charge in [0.05, 0.1) is 0 Å². The maximum Gasteiger partial charge on any atom is 0.229 e. The molecule has 1 saturated carbocycles. The first-order valence-electron chi connectivity index (χ1n) is 6.06. The number of nitrogens with zero attached hydrogens (tertiary/aromatic N) is 1. The first-order valence-corrected chi connectivity index (χ1v) is 6.59. The number of hydrogen-bond donors (Lipinski definition) is 0. The number of rotatable bonds is 3. The van der Waals surface area contributed by atoms with Crippen LogP contribution in [0.25, 0.3) is 0 Å². The van der Waals surface area contributed by atoms with Crippen molar-refractivity contribution in [3.8, 4) is 0 Å². The maximum absolute atomic E-state index is 11.9. The Morgan fingerprint density at radius 2 is 1.69 bits per heavy atom. The van der Waals surface area contributed by atoms with E-state index in [0.717, 1.165) is 12.8 Å². The van der Waals surface area contributed by atoms with E-state index in [2.05, 4.69) is 0 Å². The molecule has 1 spiro atoms. The van der Waals surface area contributed by atoms with Gasteiger partial charge < -0.3 is 0 Å². The summed E-state index contributed by atoms with van der Waals surface area (Å²) in [6.45, 7) is 0.497. The van der Waals surface area contributed by atoms with Crippen molar-refractivity contribution in [2.45, 2.75) is 44.9 Å². The second-order valence-corrected chi connectivity index (χ2v) is 5.42. The van der Waals surface area contributed by atoms with Crippen molar-refractivity contribution >= 4 is 23.4 Å². The Hall–Kier alpha value is -0.570. The summed E-state index contributed by atoms with van der Waals surface area (Å²) in [5, 5.41) is 0. The molecule has 2 aliphatic rings. The zero-order valence-corrected chi connectivity index (χ0v) is 10.3. The zero-order valence-electron chi connectivity index (χ0n) is 9.51. The van der Waals surface area contributed by atoms with Gasteiger partial charge in [0.1, 0.15) is 0 Å². The minimum absolute atomic E-state index is 0.0169. The summed E-state index contributed by atoms with van der Waals surface area (Å²) in [6, 6.07) is 0. The van der Waals surface area contributed by atoms with Crippen molar-refractivity contribution < 1.29 is 9.59 Å². The van der Waals surface area contributed by atoms with E-state index < -0.39 is 0 Å². The first-order chi connectivity index (χ1) is 7.67. The maximum atomic E-state index is 11.9. The molecule has 1 saturated heterocycles. The number of hydrogen-bond acceptors (Lipinski definition) is 2. The van der Waals surface area contributed by atoms with Gasteiger partial charge in [-0.15, -0.1) is 11.6 Å². The molecule has 0 bridgehead atoms. The fourth-order valence-electron chi connectivity index (χ4n) is 2.98. The van der Waals surface area contributed by atoms with Crippen LogP contribution in [0.4, 0.5) is 0 Å². The molecule has 4 heteroatoms. The van der Waals surface area contributed by atoms with Gasteiger partial charge >= 0.3 is 0 Å². The lowest BCUT2D eigenvalue weighted by molar-refractivity contribution is -0.153. The molecule has 0 atom stereocenters. The fraction of sp³-hybridized carbons (Fsp3) is 0.833. The number of imide groups is 1. The molecule has 3 nitrogen and oxygen atoms in total. The van der Waals surface area contributed by atoms with Gasteiger partial charge in [0.15, 0.2) is 0 Å². The van der Waals surface area contributed by atoms with Crippen LogP contribution in [0, 0.1) is 5.41 Å².